The third kappa shape index (κ3) is 3.53. The Labute approximate surface area is 160 Å². The van der Waals surface area contributed by atoms with E-state index in [0.29, 0.717) is 34.2 Å². The van der Waals surface area contributed by atoms with Crippen LogP contribution < -0.4 is 11.2 Å². The van der Waals surface area contributed by atoms with E-state index in [2.05, 4.69) is 20.1 Å². The zero-order valence-electron chi connectivity index (χ0n) is 16.1. The van der Waals surface area contributed by atoms with E-state index in [1.54, 1.807) is 9.25 Å². The Hall–Kier alpha value is -2.49. The average molecular weight is 389 g/mol. The minimum absolute atomic E-state index is 0.0674. The zero-order chi connectivity index (χ0) is 19.7. The van der Waals surface area contributed by atoms with E-state index in [1.165, 1.54) is 25.1 Å². The van der Waals surface area contributed by atoms with E-state index in [1.807, 2.05) is 27.8 Å². The first-order valence-electron chi connectivity index (χ1n) is 8.82. The van der Waals surface area contributed by atoms with E-state index >= 15 is 0 Å². The second kappa shape index (κ2) is 7.63. The van der Waals surface area contributed by atoms with Crippen LogP contribution in [-0.2, 0) is 26.4 Å². The molecule has 3 heterocycles. The molecule has 9 nitrogen and oxygen atoms in total. The highest BCUT2D eigenvalue weighted by molar-refractivity contribution is 7.98. The maximum atomic E-state index is 12.9. The molecule has 0 radical (unpaired) electrons. The summed E-state index contributed by atoms with van der Waals surface area (Å²) in [5, 5.41) is 5.01. The summed E-state index contributed by atoms with van der Waals surface area (Å²) < 4.78 is 4.38. The molecule has 10 heteroatoms. The van der Waals surface area contributed by atoms with Gasteiger partial charge in [-0.25, -0.2) is 19.7 Å². The summed E-state index contributed by atoms with van der Waals surface area (Å²) in [6.45, 7) is 6.45. The van der Waals surface area contributed by atoms with E-state index in [-0.39, 0.29) is 17.2 Å². The first kappa shape index (κ1) is 19.3. The molecule has 0 bridgehead atoms. The second-order valence-corrected chi connectivity index (χ2v) is 7.59. The maximum Gasteiger partial charge on any atom is 0.332 e. The standard InChI is InChI=1S/C17H23N7O2S/c1-6-7-24-14-12(16(25)22(4)17(24)26)15(21-13(20-14)10(2)3)27-8-11-18-9-19-23(11)5/h9-10H,6-8H2,1-5H3. The Morgan fingerprint density at radius 2 is 1.93 bits per heavy atom. The molecule has 0 saturated heterocycles. The lowest BCUT2D eigenvalue weighted by atomic mass is 10.2. The molecule has 0 fully saturated rings. The highest BCUT2D eigenvalue weighted by Crippen LogP contribution is 2.26. The fourth-order valence-corrected chi connectivity index (χ4v) is 3.73. The summed E-state index contributed by atoms with van der Waals surface area (Å²) in [6.07, 6.45) is 2.25. The van der Waals surface area contributed by atoms with Crippen molar-refractivity contribution in [3.05, 3.63) is 38.8 Å². The van der Waals surface area contributed by atoms with Gasteiger partial charge in [0.2, 0.25) is 0 Å². The lowest BCUT2D eigenvalue weighted by molar-refractivity contribution is 0.603. The normalized spacial score (nSPS) is 11.6. The van der Waals surface area contributed by atoms with Crippen molar-refractivity contribution in [1.29, 1.82) is 0 Å². The fourth-order valence-electron chi connectivity index (χ4n) is 2.73. The molecular weight excluding hydrogens is 366 g/mol. The van der Waals surface area contributed by atoms with Gasteiger partial charge < -0.3 is 0 Å². The fraction of sp³-hybridized carbons (Fsp3) is 0.529. The Balaban J connectivity index is 2.26. The van der Waals surface area contributed by atoms with Crippen molar-refractivity contribution in [2.75, 3.05) is 0 Å². The summed E-state index contributed by atoms with van der Waals surface area (Å²) in [4.78, 5) is 38.9. The van der Waals surface area contributed by atoms with Crippen molar-refractivity contribution in [1.82, 2.24) is 33.9 Å². The predicted octanol–water partition coefficient (Wildman–Crippen LogP) is 1.44. The van der Waals surface area contributed by atoms with Gasteiger partial charge in [0.15, 0.2) is 5.65 Å². The van der Waals surface area contributed by atoms with Crippen LogP contribution in [0.1, 0.15) is 44.8 Å². The van der Waals surface area contributed by atoms with Gasteiger partial charge in [0, 0.05) is 26.6 Å². The van der Waals surface area contributed by atoms with Crippen LogP contribution in [0.15, 0.2) is 20.9 Å². The summed E-state index contributed by atoms with van der Waals surface area (Å²) in [6, 6.07) is 0. The maximum absolute atomic E-state index is 12.9. The lowest BCUT2D eigenvalue weighted by Crippen LogP contribution is -2.39. The molecule has 144 valence electrons. The molecule has 0 unspecified atom stereocenters. The molecule has 0 atom stereocenters. The van der Waals surface area contributed by atoms with Gasteiger partial charge in [-0.2, -0.15) is 5.10 Å². The SMILES string of the molecule is CCCn1c(=O)n(C)c(=O)c2c(SCc3ncnn3C)nc(C(C)C)nc21. The van der Waals surface area contributed by atoms with Gasteiger partial charge in [-0.15, -0.1) is 0 Å². The molecule has 0 aromatic carbocycles. The smallest absolute Gasteiger partial charge is 0.277 e. The van der Waals surface area contributed by atoms with Crippen LogP contribution in [0.5, 0.6) is 0 Å². The van der Waals surface area contributed by atoms with Crippen molar-refractivity contribution < 1.29 is 0 Å². The second-order valence-electron chi connectivity index (χ2n) is 6.63. The van der Waals surface area contributed by atoms with E-state index in [9.17, 15) is 9.59 Å². The number of aromatic nitrogens is 7. The molecule has 27 heavy (non-hydrogen) atoms. The van der Waals surface area contributed by atoms with Crippen molar-refractivity contribution in [3.8, 4) is 0 Å². The number of hydrogen-bond donors (Lipinski definition) is 0. The topological polar surface area (TPSA) is 100 Å². The Kier molecular flexibility index (Phi) is 5.45. The quantitative estimate of drug-likeness (QED) is 0.464. The molecule has 0 spiro atoms. The number of rotatable bonds is 6. The van der Waals surface area contributed by atoms with Crippen LogP contribution in [0, 0.1) is 0 Å². The van der Waals surface area contributed by atoms with Crippen LogP contribution in [0.3, 0.4) is 0 Å². The Morgan fingerprint density at radius 1 is 1.19 bits per heavy atom. The molecule has 0 saturated carbocycles. The van der Waals surface area contributed by atoms with Crippen molar-refractivity contribution >= 4 is 22.8 Å². The number of hydrogen-bond acceptors (Lipinski definition) is 7. The molecular formula is C17H23N7O2S. The minimum atomic E-state index is -0.377. The van der Waals surface area contributed by atoms with Crippen molar-refractivity contribution in [3.63, 3.8) is 0 Å². The highest BCUT2D eigenvalue weighted by atomic mass is 32.2. The summed E-state index contributed by atoms with van der Waals surface area (Å²) in [5.41, 5.74) is -0.325. The minimum Gasteiger partial charge on any atom is -0.277 e. The average Bonchev–Trinajstić information content (AvgIpc) is 3.05. The van der Waals surface area contributed by atoms with Gasteiger partial charge in [-0.1, -0.05) is 32.5 Å². The van der Waals surface area contributed by atoms with Crippen molar-refractivity contribution in [2.24, 2.45) is 14.1 Å². The van der Waals surface area contributed by atoms with Gasteiger partial charge in [-0.05, 0) is 6.42 Å². The van der Waals surface area contributed by atoms with Crippen LogP contribution in [0.2, 0.25) is 0 Å². The molecule has 0 aliphatic heterocycles. The highest BCUT2D eigenvalue weighted by Gasteiger charge is 2.20. The third-order valence-corrected chi connectivity index (χ3v) is 5.24. The number of nitrogens with zero attached hydrogens (tertiary/aromatic N) is 7. The van der Waals surface area contributed by atoms with Gasteiger partial charge in [0.05, 0.1) is 5.75 Å². The summed E-state index contributed by atoms with van der Waals surface area (Å²) in [7, 11) is 3.31. The van der Waals surface area contributed by atoms with Gasteiger partial charge >= 0.3 is 5.69 Å². The molecule has 0 N–H and O–H groups in total. The lowest BCUT2D eigenvalue weighted by Gasteiger charge is -2.15. The first-order valence-corrected chi connectivity index (χ1v) is 9.80. The van der Waals surface area contributed by atoms with E-state index in [0.717, 1.165) is 16.8 Å². The Bertz CT molecular complexity index is 1100. The van der Waals surface area contributed by atoms with Crippen LogP contribution in [0.4, 0.5) is 0 Å². The van der Waals surface area contributed by atoms with Crippen LogP contribution >= 0.6 is 11.8 Å². The molecule has 3 rings (SSSR count). The van der Waals surface area contributed by atoms with Crippen LogP contribution in [-0.4, -0.2) is 33.9 Å². The van der Waals surface area contributed by atoms with E-state index < -0.39 is 0 Å². The zero-order valence-corrected chi connectivity index (χ0v) is 16.9. The summed E-state index contributed by atoms with van der Waals surface area (Å²) in [5.74, 6) is 1.96. The van der Waals surface area contributed by atoms with Gasteiger partial charge in [-0.3, -0.25) is 18.6 Å². The third-order valence-electron chi connectivity index (χ3n) is 4.27. The molecule has 0 aliphatic carbocycles. The van der Waals surface area contributed by atoms with Crippen LogP contribution in [0.25, 0.3) is 11.0 Å². The number of aryl methyl sites for hydroxylation is 2. The molecule has 3 aromatic rings. The van der Waals surface area contributed by atoms with Gasteiger partial charge in [0.1, 0.15) is 28.4 Å². The van der Waals surface area contributed by atoms with E-state index in [4.69, 9.17) is 0 Å². The summed E-state index contributed by atoms with van der Waals surface area (Å²) >= 11 is 1.41. The predicted molar refractivity (Wildman–Crippen MR) is 104 cm³/mol. The molecule has 0 amide bonds. The van der Waals surface area contributed by atoms with Gasteiger partial charge in [0.25, 0.3) is 5.56 Å². The Morgan fingerprint density at radius 3 is 2.52 bits per heavy atom. The molecule has 0 aliphatic rings. The number of fused-ring (bicyclic) bond motifs is 1. The molecule has 3 aromatic heterocycles. The van der Waals surface area contributed by atoms with Crippen molar-refractivity contribution in [2.45, 2.75) is 50.4 Å². The number of thioether (sulfide) groups is 1. The largest absolute Gasteiger partial charge is 0.332 e. The monoisotopic (exact) mass is 389 g/mol. The first-order chi connectivity index (χ1) is 12.8.